The normalized spacial score (nSPS) is 16.0. The van der Waals surface area contributed by atoms with Gasteiger partial charge in [0.25, 0.3) is 0 Å². The minimum absolute atomic E-state index is 0.150. The highest BCUT2D eigenvalue weighted by atomic mass is 16.5. The minimum Gasteiger partial charge on any atom is -0.496 e. The topological polar surface area (TPSA) is 55.8 Å². The van der Waals surface area contributed by atoms with Gasteiger partial charge in [0.15, 0.2) is 0 Å². The summed E-state index contributed by atoms with van der Waals surface area (Å²) in [5.41, 5.74) is 2.70. The molecule has 1 aliphatic rings. The van der Waals surface area contributed by atoms with Crippen LogP contribution in [0.25, 0.3) is 0 Å². The van der Waals surface area contributed by atoms with Gasteiger partial charge in [-0.15, -0.1) is 0 Å². The molecule has 1 fully saturated rings. The maximum Gasteiger partial charge on any atom is 0.304 e. The predicted molar refractivity (Wildman–Crippen MR) is 72.2 cm³/mol. The van der Waals surface area contributed by atoms with Gasteiger partial charge in [0, 0.05) is 11.0 Å². The molecule has 19 heavy (non-hydrogen) atoms. The molecule has 1 aromatic rings. The van der Waals surface area contributed by atoms with Crippen LogP contribution < -0.4 is 9.47 Å². The second-order valence-corrected chi connectivity index (χ2v) is 5.28. The lowest BCUT2D eigenvalue weighted by Gasteiger charge is -2.23. The number of hydrogen-bond acceptors (Lipinski definition) is 3. The van der Waals surface area contributed by atoms with Crippen molar-refractivity contribution in [2.45, 2.75) is 38.5 Å². The van der Waals surface area contributed by atoms with Gasteiger partial charge in [-0.1, -0.05) is 0 Å². The van der Waals surface area contributed by atoms with E-state index in [1.807, 2.05) is 19.9 Å². The van der Waals surface area contributed by atoms with Crippen LogP contribution in [0, 0.1) is 13.8 Å². The summed E-state index contributed by atoms with van der Waals surface area (Å²) < 4.78 is 10.9. The lowest BCUT2D eigenvalue weighted by Crippen LogP contribution is -2.16. The van der Waals surface area contributed by atoms with Crippen molar-refractivity contribution in [3.63, 3.8) is 0 Å². The zero-order valence-corrected chi connectivity index (χ0v) is 11.9. The monoisotopic (exact) mass is 264 g/mol. The summed E-state index contributed by atoms with van der Waals surface area (Å²) in [4.78, 5) is 11.1. The van der Waals surface area contributed by atoms with Crippen molar-refractivity contribution in [3.05, 3.63) is 22.8 Å². The molecule has 0 unspecified atom stereocenters. The molecule has 1 aromatic carbocycles. The summed E-state index contributed by atoms with van der Waals surface area (Å²) in [6.45, 7) is 3.93. The Labute approximate surface area is 113 Å². The Hall–Kier alpha value is -1.71. The first kappa shape index (κ1) is 13.7. The Balaban J connectivity index is 2.60. The van der Waals surface area contributed by atoms with E-state index in [2.05, 4.69) is 0 Å². The molecule has 0 aromatic heterocycles. The van der Waals surface area contributed by atoms with E-state index >= 15 is 0 Å². The fourth-order valence-corrected chi connectivity index (χ4v) is 2.93. The molecule has 4 nitrogen and oxygen atoms in total. The number of carboxylic acid groups (broad SMARTS) is 1. The SMILES string of the molecule is COc1cc(C)c(OC)c(C2(CC(=O)O)CC2)c1C. The molecular formula is C15H20O4. The number of carbonyl (C=O) groups is 1. The smallest absolute Gasteiger partial charge is 0.304 e. The summed E-state index contributed by atoms with van der Waals surface area (Å²) >= 11 is 0. The number of ether oxygens (including phenoxy) is 2. The van der Waals surface area contributed by atoms with E-state index in [4.69, 9.17) is 14.6 Å². The molecule has 0 bridgehead atoms. The van der Waals surface area contributed by atoms with Gasteiger partial charge in [0.2, 0.25) is 0 Å². The summed E-state index contributed by atoms with van der Waals surface area (Å²) in [6, 6.07) is 1.94. The van der Waals surface area contributed by atoms with Gasteiger partial charge in [0.1, 0.15) is 11.5 Å². The number of aryl methyl sites for hydroxylation is 1. The maximum absolute atomic E-state index is 11.1. The summed E-state index contributed by atoms with van der Waals surface area (Å²) in [5, 5.41) is 9.13. The van der Waals surface area contributed by atoms with Crippen LogP contribution in [-0.4, -0.2) is 25.3 Å². The fourth-order valence-electron chi connectivity index (χ4n) is 2.93. The third-order valence-corrected chi connectivity index (χ3v) is 3.97. The number of rotatable bonds is 5. The van der Waals surface area contributed by atoms with Crippen LogP contribution in [-0.2, 0) is 10.2 Å². The van der Waals surface area contributed by atoms with Crippen molar-refractivity contribution in [1.82, 2.24) is 0 Å². The van der Waals surface area contributed by atoms with Crippen molar-refractivity contribution < 1.29 is 19.4 Å². The second kappa shape index (κ2) is 4.76. The largest absolute Gasteiger partial charge is 0.496 e. The van der Waals surface area contributed by atoms with E-state index in [1.54, 1.807) is 14.2 Å². The molecule has 1 saturated carbocycles. The molecule has 0 radical (unpaired) electrons. The highest BCUT2D eigenvalue weighted by Gasteiger charge is 2.49. The van der Waals surface area contributed by atoms with Gasteiger partial charge in [-0.2, -0.15) is 0 Å². The van der Waals surface area contributed by atoms with E-state index < -0.39 is 5.97 Å². The van der Waals surface area contributed by atoms with Crippen molar-refractivity contribution >= 4 is 5.97 Å². The van der Waals surface area contributed by atoms with Crippen LogP contribution in [0.5, 0.6) is 11.5 Å². The third-order valence-electron chi connectivity index (χ3n) is 3.97. The van der Waals surface area contributed by atoms with Gasteiger partial charge in [0.05, 0.1) is 20.6 Å². The maximum atomic E-state index is 11.1. The zero-order valence-electron chi connectivity index (χ0n) is 11.9. The number of methoxy groups -OCH3 is 2. The van der Waals surface area contributed by atoms with E-state index in [0.29, 0.717) is 0 Å². The Kier molecular flexibility index (Phi) is 3.43. The Morgan fingerprint density at radius 2 is 1.95 bits per heavy atom. The van der Waals surface area contributed by atoms with Crippen molar-refractivity contribution in [2.24, 2.45) is 0 Å². The molecule has 0 saturated heterocycles. The molecule has 0 amide bonds. The molecule has 0 heterocycles. The first-order valence-electron chi connectivity index (χ1n) is 6.39. The van der Waals surface area contributed by atoms with Gasteiger partial charge < -0.3 is 14.6 Å². The third kappa shape index (κ3) is 2.27. The standard InChI is InChI=1S/C15H20O4/c1-9-7-11(18-3)10(2)13(14(9)19-4)15(5-6-15)8-12(16)17/h7H,5-6,8H2,1-4H3,(H,16,17). The highest BCUT2D eigenvalue weighted by molar-refractivity contribution is 5.72. The Bertz CT molecular complexity index is 515. The van der Waals surface area contributed by atoms with Gasteiger partial charge in [-0.25, -0.2) is 0 Å². The molecule has 4 heteroatoms. The molecule has 1 N–H and O–H groups in total. The quantitative estimate of drug-likeness (QED) is 0.888. The van der Waals surface area contributed by atoms with Crippen LogP contribution in [0.15, 0.2) is 6.07 Å². The van der Waals surface area contributed by atoms with Gasteiger partial charge >= 0.3 is 5.97 Å². The number of hydrogen-bond donors (Lipinski definition) is 1. The van der Waals surface area contributed by atoms with Gasteiger partial charge in [-0.3, -0.25) is 4.79 Å². The molecule has 2 rings (SSSR count). The van der Waals surface area contributed by atoms with Crippen LogP contribution in [0.2, 0.25) is 0 Å². The predicted octanol–water partition coefficient (Wildman–Crippen LogP) is 2.83. The molecule has 0 atom stereocenters. The zero-order chi connectivity index (χ0) is 14.2. The summed E-state index contributed by atoms with van der Waals surface area (Å²) in [5.74, 6) is 0.835. The average molecular weight is 264 g/mol. The van der Waals surface area contributed by atoms with E-state index in [-0.39, 0.29) is 11.8 Å². The van der Waals surface area contributed by atoms with E-state index in [0.717, 1.165) is 41.0 Å². The number of carboxylic acids is 1. The molecular weight excluding hydrogens is 244 g/mol. The van der Waals surface area contributed by atoms with Crippen molar-refractivity contribution in [3.8, 4) is 11.5 Å². The summed E-state index contributed by atoms with van der Waals surface area (Å²) in [7, 11) is 3.27. The minimum atomic E-state index is -0.764. The Morgan fingerprint density at radius 1 is 1.32 bits per heavy atom. The van der Waals surface area contributed by atoms with Crippen molar-refractivity contribution in [2.75, 3.05) is 14.2 Å². The molecule has 104 valence electrons. The summed E-state index contributed by atoms with van der Waals surface area (Å²) in [6.07, 6.45) is 1.93. The average Bonchev–Trinajstić information content (AvgIpc) is 3.10. The second-order valence-electron chi connectivity index (χ2n) is 5.28. The molecule has 1 aliphatic carbocycles. The van der Waals surface area contributed by atoms with E-state index in [9.17, 15) is 4.79 Å². The first-order chi connectivity index (χ1) is 8.95. The van der Waals surface area contributed by atoms with Crippen LogP contribution in [0.4, 0.5) is 0 Å². The van der Waals surface area contributed by atoms with Crippen LogP contribution in [0.3, 0.4) is 0 Å². The lowest BCUT2D eigenvalue weighted by atomic mass is 9.86. The lowest BCUT2D eigenvalue weighted by molar-refractivity contribution is -0.137. The van der Waals surface area contributed by atoms with Gasteiger partial charge in [-0.05, 0) is 43.9 Å². The number of benzene rings is 1. The van der Waals surface area contributed by atoms with Crippen LogP contribution in [0.1, 0.15) is 36.0 Å². The fraction of sp³-hybridized carbons (Fsp3) is 0.533. The van der Waals surface area contributed by atoms with E-state index in [1.165, 1.54) is 0 Å². The number of aliphatic carboxylic acids is 1. The van der Waals surface area contributed by atoms with Crippen molar-refractivity contribution in [1.29, 1.82) is 0 Å². The Morgan fingerprint density at radius 3 is 2.37 bits per heavy atom. The molecule has 0 aliphatic heterocycles. The van der Waals surface area contributed by atoms with Crippen LogP contribution >= 0.6 is 0 Å². The molecule has 0 spiro atoms. The first-order valence-corrected chi connectivity index (χ1v) is 6.39. The highest BCUT2D eigenvalue weighted by Crippen LogP contribution is 2.56.